The lowest BCUT2D eigenvalue weighted by Crippen LogP contribution is -2.55. The maximum atomic E-state index is 13.4. The molecule has 3 aliphatic rings. The Balaban J connectivity index is 1.57. The van der Waals surface area contributed by atoms with Gasteiger partial charge in [0.2, 0.25) is 0 Å². The number of hydrogen-bond acceptors (Lipinski definition) is 4. The molecule has 2 unspecified atom stereocenters. The minimum atomic E-state index is -1.31. The number of para-hydroxylation sites is 1. The molecule has 0 radical (unpaired) electrons. The van der Waals surface area contributed by atoms with Crippen LogP contribution in [0.5, 0.6) is 5.75 Å². The van der Waals surface area contributed by atoms with E-state index in [0.29, 0.717) is 12.2 Å². The van der Waals surface area contributed by atoms with Gasteiger partial charge in [0.05, 0.1) is 23.0 Å². The zero-order valence-electron chi connectivity index (χ0n) is 16.2. The molecule has 3 aromatic rings. The van der Waals surface area contributed by atoms with E-state index in [0.717, 1.165) is 32.6 Å². The number of nitrogens with zero attached hydrogens (tertiary/aromatic N) is 2. The number of benzene rings is 3. The Morgan fingerprint density at radius 1 is 1.13 bits per heavy atom. The summed E-state index contributed by atoms with van der Waals surface area (Å²) in [7, 11) is 0. The number of anilines is 1. The molecule has 3 aliphatic heterocycles. The van der Waals surface area contributed by atoms with Gasteiger partial charge in [-0.3, -0.25) is 4.79 Å². The summed E-state index contributed by atoms with van der Waals surface area (Å²) < 4.78 is 7.45. The van der Waals surface area contributed by atoms with Crippen molar-refractivity contribution in [2.45, 2.75) is 25.1 Å². The largest absolute Gasteiger partial charge is 0.453 e. The number of nitrogens with one attached hydrogen (secondary N) is 1. The summed E-state index contributed by atoms with van der Waals surface area (Å²) in [6.07, 6.45) is 0.701. The Hall–Kier alpha value is -3.12. The smallest absolute Gasteiger partial charge is 0.306 e. The molecule has 0 saturated carbocycles. The van der Waals surface area contributed by atoms with E-state index in [4.69, 9.17) is 9.84 Å². The number of aryl methyl sites for hydroxylation is 1. The first-order valence-electron chi connectivity index (χ1n) is 9.89. The summed E-state index contributed by atoms with van der Waals surface area (Å²) >= 11 is 3.58. The number of carbonyl (C=O) groups is 1. The molecule has 1 N–H and O–H groups in total. The number of amides is 1. The standard InChI is InChI=1S/C24H18BrN3O2/c1-14-6-8-15(9-7-14)20-13-21-17-12-16(25)10-11-22(17)30-24(28(21)27-20)18-4-2-3-5-19(18)26-23(24)29/h2-12,21H,13H2,1H3,(H,26,29). The molecule has 3 heterocycles. The number of rotatable bonds is 1. The van der Waals surface area contributed by atoms with E-state index in [2.05, 4.69) is 58.5 Å². The summed E-state index contributed by atoms with van der Waals surface area (Å²) in [5.41, 5.74) is 4.49. The average molecular weight is 460 g/mol. The van der Waals surface area contributed by atoms with Crippen LogP contribution in [-0.2, 0) is 10.5 Å². The van der Waals surface area contributed by atoms with Gasteiger partial charge in [0.25, 0.3) is 5.91 Å². The third-order valence-electron chi connectivity index (χ3n) is 6.05. The van der Waals surface area contributed by atoms with Crippen molar-refractivity contribution >= 4 is 33.2 Å². The molecule has 5 nitrogen and oxygen atoms in total. The zero-order chi connectivity index (χ0) is 20.5. The minimum Gasteiger partial charge on any atom is -0.453 e. The van der Waals surface area contributed by atoms with Crippen LogP contribution in [0.1, 0.15) is 34.7 Å². The van der Waals surface area contributed by atoms with Crippen LogP contribution in [0.15, 0.2) is 76.3 Å². The maximum Gasteiger partial charge on any atom is 0.306 e. The molecule has 2 atom stereocenters. The van der Waals surface area contributed by atoms with E-state index in [1.54, 1.807) is 0 Å². The first-order valence-corrected chi connectivity index (χ1v) is 10.7. The van der Waals surface area contributed by atoms with Crippen molar-refractivity contribution in [1.29, 1.82) is 0 Å². The number of hydrogen-bond donors (Lipinski definition) is 1. The summed E-state index contributed by atoms with van der Waals surface area (Å²) in [6, 6.07) is 21.9. The van der Waals surface area contributed by atoms with E-state index in [-0.39, 0.29) is 11.9 Å². The molecule has 0 aromatic heterocycles. The highest BCUT2D eigenvalue weighted by Gasteiger charge is 2.60. The van der Waals surface area contributed by atoms with Crippen LogP contribution in [0.25, 0.3) is 0 Å². The van der Waals surface area contributed by atoms with Gasteiger partial charge in [-0.1, -0.05) is 64.0 Å². The van der Waals surface area contributed by atoms with Crippen LogP contribution < -0.4 is 10.1 Å². The first-order chi connectivity index (χ1) is 14.6. The van der Waals surface area contributed by atoms with Gasteiger partial charge in [0.1, 0.15) is 5.75 Å². The molecule has 6 rings (SSSR count). The highest BCUT2D eigenvalue weighted by atomic mass is 79.9. The highest BCUT2D eigenvalue weighted by Crippen LogP contribution is 2.54. The summed E-state index contributed by atoms with van der Waals surface area (Å²) in [6.45, 7) is 2.07. The topological polar surface area (TPSA) is 53.9 Å². The molecule has 0 saturated heterocycles. The molecule has 0 aliphatic carbocycles. The molecular formula is C24H18BrN3O2. The highest BCUT2D eigenvalue weighted by molar-refractivity contribution is 9.10. The Kier molecular flexibility index (Phi) is 3.65. The SMILES string of the molecule is Cc1ccc(C2=NN3C(C2)c2cc(Br)ccc2OC32C(=O)Nc3ccccc32)cc1. The van der Waals surface area contributed by atoms with Gasteiger partial charge < -0.3 is 10.1 Å². The Labute approximate surface area is 182 Å². The van der Waals surface area contributed by atoms with E-state index in [1.165, 1.54) is 5.56 Å². The Morgan fingerprint density at radius 2 is 1.93 bits per heavy atom. The van der Waals surface area contributed by atoms with E-state index >= 15 is 0 Å². The molecule has 1 spiro atoms. The van der Waals surface area contributed by atoms with Gasteiger partial charge in [-0.05, 0) is 36.8 Å². The van der Waals surface area contributed by atoms with Crippen molar-refractivity contribution in [3.8, 4) is 5.75 Å². The first kappa shape index (κ1) is 17.7. The van der Waals surface area contributed by atoms with Gasteiger partial charge in [0.15, 0.2) is 0 Å². The van der Waals surface area contributed by atoms with Crippen molar-refractivity contribution in [3.63, 3.8) is 0 Å². The van der Waals surface area contributed by atoms with Gasteiger partial charge >= 0.3 is 5.72 Å². The monoisotopic (exact) mass is 459 g/mol. The van der Waals surface area contributed by atoms with Gasteiger partial charge in [-0.2, -0.15) is 5.10 Å². The van der Waals surface area contributed by atoms with Gasteiger partial charge in [0, 0.05) is 16.5 Å². The van der Waals surface area contributed by atoms with Crippen molar-refractivity contribution in [2.24, 2.45) is 5.10 Å². The summed E-state index contributed by atoms with van der Waals surface area (Å²) in [5, 5.41) is 9.82. The molecular weight excluding hydrogens is 442 g/mol. The molecule has 6 heteroatoms. The third-order valence-corrected chi connectivity index (χ3v) is 6.55. The average Bonchev–Trinajstić information content (AvgIpc) is 3.31. The molecule has 0 fully saturated rings. The summed E-state index contributed by atoms with van der Waals surface area (Å²) in [4.78, 5) is 13.4. The van der Waals surface area contributed by atoms with Crippen molar-refractivity contribution < 1.29 is 9.53 Å². The second kappa shape index (κ2) is 6.19. The lowest BCUT2D eigenvalue weighted by molar-refractivity contribution is -0.161. The number of fused-ring (bicyclic) bond motifs is 6. The molecule has 1 amide bonds. The molecule has 0 bridgehead atoms. The predicted octanol–water partition coefficient (Wildman–Crippen LogP) is 5.11. The fourth-order valence-electron chi connectivity index (χ4n) is 4.59. The Morgan fingerprint density at radius 3 is 2.77 bits per heavy atom. The Bertz CT molecular complexity index is 1240. The van der Waals surface area contributed by atoms with Crippen molar-refractivity contribution in [2.75, 3.05) is 5.32 Å². The van der Waals surface area contributed by atoms with Crippen LogP contribution in [0.3, 0.4) is 0 Å². The number of halogens is 1. The van der Waals surface area contributed by atoms with Gasteiger partial charge in [-0.25, -0.2) is 5.01 Å². The molecule has 3 aromatic carbocycles. The van der Waals surface area contributed by atoms with E-state index < -0.39 is 5.72 Å². The van der Waals surface area contributed by atoms with Crippen LogP contribution in [0, 0.1) is 6.92 Å². The maximum absolute atomic E-state index is 13.4. The second-order valence-corrected chi connectivity index (χ2v) is 8.82. The normalized spacial score (nSPS) is 23.4. The van der Waals surface area contributed by atoms with Crippen LogP contribution in [0.4, 0.5) is 5.69 Å². The van der Waals surface area contributed by atoms with Crippen molar-refractivity contribution in [3.05, 3.63) is 93.5 Å². The van der Waals surface area contributed by atoms with Crippen LogP contribution >= 0.6 is 15.9 Å². The van der Waals surface area contributed by atoms with Crippen LogP contribution in [0.2, 0.25) is 0 Å². The third kappa shape index (κ3) is 2.34. The van der Waals surface area contributed by atoms with E-state index in [1.807, 2.05) is 41.4 Å². The lowest BCUT2D eigenvalue weighted by Gasteiger charge is -2.44. The number of carbonyl (C=O) groups excluding carboxylic acids is 1. The predicted molar refractivity (Wildman–Crippen MR) is 118 cm³/mol. The lowest BCUT2D eigenvalue weighted by atomic mass is 9.92. The van der Waals surface area contributed by atoms with Crippen LogP contribution in [-0.4, -0.2) is 16.6 Å². The number of ether oxygens (including phenoxy) is 1. The van der Waals surface area contributed by atoms with Crippen molar-refractivity contribution in [1.82, 2.24) is 5.01 Å². The van der Waals surface area contributed by atoms with Gasteiger partial charge in [-0.15, -0.1) is 0 Å². The fraction of sp³-hybridized carbons (Fsp3) is 0.167. The summed E-state index contributed by atoms with van der Waals surface area (Å²) in [5.74, 6) is 0.503. The molecule has 30 heavy (non-hydrogen) atoms. The quantitative estimate of drug-likeness (QED) is 0.550. The molecule has 148 valence electrons. The number of hydrazone groups is 1. The van der Waals surface area contributed by atoms with E-state index in [9.17, 15) is 4.79 Å². The fourth-order valence-corrected chi connectivity index (χ4v) is 4.97. The minimum absolute atomic E-state index is 0.0977. The zero-order valence-corrected chi connectivity index (χ0v) is 17.8. The second-order valence-electron chi connectivity index (χ2n) is 7.91.